The number of hydrogen-bond donors (Lipinski definition) is 1. The molecule has 1 N–H and O–H groups in total. The lowest BCUT2D eigenvalue weighted by Gasteiger charge is -2.18. The number of aliphatic hydroxyl groups excluding tert-OH is 1. The van der Waals surface area contributed by atoms with Gasteiger partial charge in [0.25, 0.3) is 0 Å². The number of fused-ring (bicyclic) bond motifs is 1. The number of hydrogen-bond acceptors (Lipinski definition) is 2. The predicted molar refractivity (Wildman–Crippen MR) is 65.3 cm³/mol. The molecule has 0 amide bonds. The lowest BCUT2D eigenvalue weighted by molar-refractivity contribution is -0.0287. The second-order valence-electron chi connectivity index (χ2n) is 3.81. The maximum Gasteiger partial charge on any atom is 0.330 e. The third kappa shape index (κ3) is 2.45. The number of aromatic nitrogens is 1. The van der Waals surface area contributed by atoms with E-state index < -0.39 is 10.9 Å². The number of rotatable bonds is 2. The van der Waals surface area contributed by atoms with E-state index in [1.807, 2.05) is 0 Å². The molecule has 0 aliphatic heterocycles. The summed E-state index contributed by atoms with van der Waals surface area (Å²) < 4.78 is 26.2. The van der Waals surface area contributed by atoms with Gasteiger partial charge in [0.1, 0.15) is 0 Å². The van der Waals surface area contributed by atoms with Crippen molar-refractivity contribution in [3.8, 4) is 0 Å². The molecule has 0 aliphatic rings. The summed E-state index contributed by atoms with van der Waals surface area (Å²) >= 11 is 2.19. The molecule has 5 heteroatoms. The smallest absolute Gasteiger partial charge is 0.330 e. The third-order valence-corrected chi connectivity index (χ3v) is 2.91. The molecule has 1 aromatic heterocycles. The number of benzene rings is 1. The van der Waals surface area contributed by atoms with Gasteiger partial charge in [-0.2, -0.15) is 8.78 Å². The molecule has 90 valence electrons. The van der Waals surface area contributed by atoms with Crippen molar-refractivity contribution in [1.29, 1.82) is 0 Å². The summed E-state index contributed by atoms with van der Waals surface area (Å²) in [5.74, 6) is 0. The molecule has 1 unspecified atom stereocenters. The minimum Gasteiger partial charge on any atom is -0.381 e. The number of aliphatic hydroxyl groups is 1. The van der Waals surface area contributed by atoms with Gasteiger partial charge in [0.2, 0.25) is 0 Å². The van der Waals surface area contributed by atoms with Crippen LogP contribution in [0, 0.1) is 6.92 Å². The van der Waals surface area contributed by atoms with E-state index in [2.05, 4.69) is 20.9 Å². The maximum atomic E-state index is 13.1. The molecule has 0 spiro atoms. The van der Waals surface area contributed by atoms with Crippen LogP contribution < -0.4 is 0 Å². The van der Waals surface area contributed by atoms with Crippen LogP contribution >= 0.6 is 15.9 Å². The standard InChI is InChI=1S/C12H10BrF2NO/c1-7-6-9(11(17)12(13,14)15)8-4-2-3-5-10(8)16-7/h2-6,11,17H,1H3. The number of nitrogens with zero attached hydrogens (tertiary/aromatic N) is 1. The van der Waals surface area contributed by atoms with E-state index in [1.54, 1.807) is 31.2 Å². The van der Waals surface area contributed by atoms with E-state index >= 15 is 0 Å². The zero-order valence-corrected chi connectivity index (χ0v) is 10.6. The van der Waals surface area contributed by atoms with Crippen molar-refractivity contribution < 1.29 is 13.9 Å². The van der Waals surface area contributed by atoms with Crippen LogP contribution in [-0.2, 0) is 0 Å². The SMILES string of the molecule is Cc1cc(C(O)C(F)(F)Br)c2ccccc2n1. The number of para-hydroxylation sites is 1. The zero-order valence-electron chi connectivity index (χ0n) is 8.99. The second-order valence-corrected chi connectivity index (χ2v) is 4.87. The highest BCUT2D eigenvalue weighted by Crippen LogP contribution is 2.39. The zero-order chi connectivity index (χ0) is 12.6. The van der Waals surface area contributed by atoms with Gasteiger partial charge in [-0.15, -0.1) is 0 Å². The Morgan fingerprint density at radius 1 is 1.35 bits per heavy atom. The van der Waals surface area contributed by atoms with Crippen molar-refractivity contribution in [3.63, 3.8) is 0 Å². The molecule has 0 saturated heterocycles. The normalized spacial score (nSPS) is 13.9. The molecule has 0 radical (unpaired) electrons. The Kier molecular flexibility index (Phi) is 3.14. The molecule has 2 aromatic rings. The van der Waals surface area contributed by atoms with Gasteiger partial charge in [-0.05, 0) is 40.5 Å². The topological polar surface area (TPSA) is 33.1 Å². The molecular weight excluding hydrogens is 292 g/mol. The quantitative estimate of drug-likeness (QED) is 0.860. The first-order chi connectivity index (χ1) is 7.89. The van der Waals surface area contributed by atoms with Crippen molar-refractivity contribution in [2.24, 2.45) is 0 Å². The average molecular weight is 302 g/mol. The van der Waals surface area contributed by atoms with Crippen LogP contribution in [0.4, 0.5) is 8.78 Å². The number of alkyl halides is 3. The summed E-state index contributed by atoms with van der Waals surface area (Å²) in [6.45, 7) is 1.70. The predicted octanol–water partition coefficient (Wildman–Crippen LogP) is 3.56. The fourth-order valence-electron chi connectivity index (χ4n) is 1.74. The Labute approximate surface area is 105 Å². The van der Waals surface area contributed by atoms with Gasteiger partial charge in [0.15, 0.2) is 6.10 Å². The average Bonchev–Trinajstić information content (AvgIpc) is 2.25. The maximum absolute atomic E-state index is 13.1. The Bertz CT molecular complexity index is 554. The molecule has 0 saturated carbocycles. The molecule has 2 nitrogen and oxygen atoms in total. The van der Waals surface area contributed by atoms with Crippen molar-refractivity contribution in [2.45, 2.75) is 17.9 Å². The fourth-order valence-corrected chi connectivity index (χ4v) is 1.99. The first-order valence-corrected chi connectivity index (χ1v) is 5.80. The van der Waals surface area contributed by atoms with Gasteiger partial charge < -0.3 is 5.11 Å². The van der Waals surface area contributed by atoms with E-state index in [-0.39, 0.29) is 5.56 Å². The van der Waals surface area contributed by atoms with Gasteiger partial charge >= 0.3 is 4.83 Å². The minimum atomic E-state index is -3.36. The summed E-state index contributed by atoms with van der Waals surface area (Å²) in [7, 11) is 0. The van der Waals surface area contributed by atoms with Gasteiger partial charge in [-0.1, -0.05) is 18.2 Å². The molecule has 1 aromatic carbocycles. The van der Waals surface area contributed by atoms with Crippen molar-refractivity contribution in [1.82, 2.24) is 4.98 Å². The first kappa shape index (κ1) is 12.4. The van der Waals surface area contributed by atoms with Crippen LogP contribution in [0.3, 0.4) is 0 Å². The number of halogens is 3. The summed E-state index contributed by atoms with van der Waals surface area (Å²) in [6.07, 6.45) is -1.89. The molecule has 1 atom stereocenters. The number of aryl methyl sites for hydroxylation is 1. The third-order valence-electron chi connectivity index (χ3n) is 2.48. The molecular formula is C12H10BrF2NO. The molecule has 0 aliphatic carbocycles. The minimum absolute atomic E-state index is 0.176. The Morgan fingerprint density at radius 2 is 2.00 bits per heavy atom. The monoisotopic (exact) mass is 301 g/mol. The largest absolute Gasteiger partial charge is 0.381 e. The van der Waals surface area contributed by atoms with Crippen LogP contribution in [0.1, 0.15) is 17.4 Å². The van der Waals surface area contributed by atoms with Crippen LogP contribution in [0.25, 0.3) is 10.9 Å². The molecule has 1 heterocycles. The van der Waals surface area contributed by atoms with E-state index in [1.165, 1.54) is 6.07 Å². The molecule has 2 rings (SSSR count). The first-order valence-electron chi connectivity index (χ1n) is 5.00. The Balaban J connectivity index is 2.68. The van der Waals surface area contributed by atoms with Crippen LogP contribution in [-0.4, -0.2) is 14.9 Å². The molecule has 0 bridgehead atoms. The highest BCUT2D eigenvalue weighted by molar-refractivity contribution is 9.10. The van der Waals surface area contributed by atoms with Crippen LogP contribution in [0.5, 0.6) is 0 Å². The van der Waals surface area contributed by atoms with Crippen molar-refractivity contribution >= 4 is 26.8 Å². The summed E-state index contributed by atoms with van der Waals surface area (Å²) in [5, 5.41) is 10.2. The van der Waals surface area contributed by atoms with E-state index in [4.69, 9.17) is 0 Å². The van der Waals surface area contributed by atoms with Gasteiger partial charge in [0, 0.05) is 11.1 Å². The van der Waals surface area contributed by atoms with Gasteiger partial charge in [0.05, 0.1) is 5.52 Å². The second kappa shape index (κ2) is 4.31. The summed E-state index contributed by atoms with van der Waals surface area (Å²) in [6, 6.07) is 8.37. The van der Waals surface area contributed by atoms with Gasteiger partial charge in [-0.25, -0.2) is 0 Å². The van der Waals surface area contributed by atoms with Crippen molar-refractivity contribution in [3.05, 3.63) is 41.6 Å². The van der Waals surface area contributed by atoms with Crippen molar-refractivity contribution in [2.75, 3.05) is 0 Å². The Hall–Kier alpha value is -1.07. The highest BCUT2D eigenvalue weighted by Gasteiger charge is 2.37. The summed E-state index contributed by atoms with van der Waals surface area (Å²) in [4.78, 5) is 0.872. The lowest BCUT2D eigenvalue weighted by Crippen LogP contribution is -2.18. The van der Waals surface area contributed by atoms with Gasteiger partial charge in [-0.3, -0.25) is 4.98 Å². The number of pyridine rings is 1. The van der Waals surface area contributed by atoms with Crippen LogP contribution in [0.2, 0.25) is 0 Å². The highest BCUT2D eigenvalue weighted by atomic mass is 79.9. The Morgan fingerprint density at radius 3 is 2.65 bits per heavy atom. The lowest BCUT2D eigenvalue weighted by atomic mass is 10.0. The van der Waals surface area contributed by atoms with Crippen LogP contribution in [0.15, 0.2) is 30.3 Å². The van der Waals surface area contributed by atoms with E-state index in [9.17, 15) is 13.9 Å². The summed E-state index contributed by atoms with van der Waals surface area (Å²) in [5.41, 5.74) is 1.36. The van der Waals surface area contributed by atoms with E-state index in [0.29, 0.717) is 16.6 Å². The van der Waals surface area contributed by atoms with E-state index in [0.717, 1.165) is 0 Å². The molecule has 0 fully saturated rings. The fraction of sp³-hybridized carbons (Fsp3) is 0.250. The molecule has 17 heavy (non-hydrogen) atoms.